The Morgan fingerprint density at radius 3 is 2.82 bits per heavy atom. The van der Waals surface area contributed by atoms with Crippen LogP contribution < -0.4 is 10.2 Å². The molecule has 1 aromatic heterocycles. The summed E-state index contributed by atoms with van der Waals surface area (Å²) in [6.07, 6.45) is 0. The molecule has 1 fully saturated rings. The standard InChI is InChI=1S/C13H22N4/c1-10(2)12-4-5-13(16-15-12)17-7-6-14-8-11(3)9-17/h4-5,10-11,14H,6-9H2,1-3H3. The minimum atomic E-state index is 0.446. The summed E-state index contributed by atoms with van der Waals surface area (Å²) in [4.78, 5) is 2.32. The van der Waals surface area contributed by atoms with Crippen LogP contribution in [-0.2, 0) is 0 Å². The number of hydrogen-bond donors (Lipinski definition) is 1. The largest absolute Gasteiger partial charge is 0.354 e. The second-order valence-corrected chi connectivity index (χ2v) is 5.23. The Bertz CT molecular complexity index is 347. The van der Waals surface area contributed by atoms with Crippen LogP contribution in [0.1, 0.15) is 32.4 Å². The van der Waals surface area contributed by atoms with E-state index in [0.29, 0.717) is 11.8 Å². The minimum absolute atomic E-state index is 0.446. The van der Waals surface area contributed by atoms with Gasteiger partial charge in [0.25, 0.3) is 0 Å². The first-order valence-corrected chi connectivity index (χ1v) is 6.46. The first-order valence-electron chi connectivity index (χ1n) is 6.46. The molecule has 2 rings (SSSR count). The number of hydrogen-bond acceptors (Lipinski definition) is 4. The summed E-state index contributed by atoms with van der Waals surface area (Å²) in [6, 6.07) is 4.19. The molecular formula is C13H22N4. The summed E-state index contributed by atoms with van der Waals surface area (Å²) < 4.78 is 0. The van der Waals surface area contributed by atoms with Gasteiger partial charge in [0, 0.05) is 19.6 Å². The van der Waals surface area contributed by atoms with Crippen molar-refractivity contribution in [3.8, 4) is 0 Å². The molecule has 0 radical (unpaired) electrons. The van der Waals surface area contributed by atoms with Gasteiger partial charge in [0.15, 0.2) is 5.82 Å². The van der Waals surface area contributed by atoms with Crippen molar-refractivity contribution < 1.29 is 0 Å². The van der Waals surface area contributed by atoms with Crippen molar-refractivity contribution in [1.29, 1.82) is 0 Å². The fourth-order valence-corrected chi connectivity index (χ4v) is 2.11. The number of anilines is 1. The number of nitrogens with zero attached hydrogens (tertiary/aromatic N) is 3. The first kappa shape index (κ1) is 12.3. The normalized spacial score (nSPS) is 21.6. The molecule has 1 unspecified atom stereocenters. The Morgan fingerprint density at radius 1 is 1.35 bits per heavy atom. The quantitative estimate of drug-likeness (QED) is 0.844. The van der Waals surface area contributed by atoms with E-state index in [4.69, 9.17) is 0 Å². The predicted molar refractivity (Wildman–Crippen MR) is 70.4 cm³/mol. The molecule has 2 heterocycles. The van der Waals surface area contributed by atoms with E-state index in [2.05, 4.69) is 53.3 Å². The van der Waals surface area contributed by atoms with Crippen LogP contribution in [0.2, 0.25) is 0 Å². The van der Waals surface area contributed by atoms with Crippen LogP contribution in [0.25, 0.3) is 0 Å². The fraction of sp³-hybridized carbons (Fsp3) is 0.692. The second kappa shape index (κ2) is 5.45. The highest BCUT2D eigenvalue weighted by atomic mass is 15.3. The molecule has 4 nitrogen and oxygen atoms in total. The monoisotopic (exact) mass is 234 g/mol. The second-order valence-electron chi connectivity index (χ2n) is 5.23. The third-order valence-electron chi connectivity index (χ3n) is 3.17. The smallest absolute Gasteiger partial charge is 0.151 e. The molecule has 1 atom stereocenters. The summed E-state index contributed by atoms with van der Waals surface area (Å²) in [5, 5.41) is 12.1. The lowest BCUT2D eigenvalue weighted by molar-refractivity contribution is 0.562. The van der Waals surface area contributed by atoms with Crippen molar-refractivity contribution in [2.24, 2.45) is 5.92 Å². The molecular weight excluding hydrogens is 212 g/mol. The minimum Gasteiger partial charge on any atom is -0.354 e. The van der Waals surface area contributed by atoms with E-state index in [9.17, 15) is 0 Å². The van der Waals surface area contributed by atoms with Crippen molar-refractivity contribution in [2.45, 2.75) is 26.7 Å². The molecule has 0 aromatic carbocycles. The molecule has 1 N–H and O–H groups in total. The maximum atomic E-state index is 4.35. The first-order chi connectivity index (χ1) is 8.16. The van der Waals surface area contributed by atoms with Crippen molar-refractivity contribution in [3.63, 3.8) is 0 Å². The molecule has 4 heteroatoms. The van der Waals surface area contributed by atoms with Crippen LogP contribution in [0, 0.1) is 5.92 Å². The molecule has 1 aliphatic heterocycles. The number of rotatable bonds is 2. The van der Waals surface area contributed by atoms with Gasteiger partial charge in [-0.25, -0.2) is 0 Å². The highest BCUT2D eigenvalue weighted by Crippen LogP contribution is 2.16. The molecule has 0 bridgehead atoms. The zero-order valence-corrected chi connectivity index (χ0v) is 11.0. The Hall–Kier alpha value is -1.16. The zero-order valence-electron chi connectivity index (χ0n) is 11.0. The summed E-state index contributed by atoms with van der Waals surface area (Å²) in [5.74, 6) is 2.11. The summed E-state index contributed by atoms with van der Waals surface area (Å²) in [5.41, 5.74) is 1.06. The molecule has 0 amide bonds. The van der Waals surface area contributed by atoms with E-state index in [1.54, 1.807) is 0 Å². The van der Waals surface area contributed by atoms with Crippen LogP contribution in [0.3, 0.4) is 0 Å². The molecule has 1 saturated heterocycles. The third kappa shape index (κ3) is 3.16. The van der Waals surface area contributed by atoms with Crippen molar-refractivity contribution >= 4 is 5.82 Å². The molecule has 1 aliphatic rings. The van der Waals surface area contributed by atoms with Gasteiger partial charge in [-0.2, -0.15) is 5.10 Å². The van der Waals surface area contributed by atoms with Gasteiger partial charge < -0.3 is 10.2 Å². The Labute approximate surface area is 103 Å². The third-order valence-corrected chi connectivity index (χ3v) is 3.17. The van der Waals surface area contributed by atoms with Gasteiger partial charge in [-0.05, 0) is 30.5 Å². The summed E-state index contributed by atoms with van der Waals surface area (Å²) >= 11 is 0. The van der Waals surface area contributed by atoms with E-state index in [1.807, 2.05) is 0 Å². The van der Waals surface area contributed by atoms with Crippen LogP contribution >= 0.6 is 0 Å². The van der Waals surface area contributed by atoms with E-state index in [-0.39, 0.29) is 0 Å². The maximum Gasteiger partial charge on any atom is 0.151 e. The Morgan fingerprint density at radius 2 is 2.18 bits per heavy atom. The highest BCUT2D eigenvalue weighted by molar-refractivity contribution is 5.38. The molecule has 0 spiro atoms. The Kier molecular flexibility index (Phi) is 3.94. The molecule has 0 aliphatic carbocycles. The molecule has 0 saturated carbocycles. The summed E-state index contributed by atoms with van der Waals surface area (Å²) in [6.45, 7) is 10.7. The van der Waals surface area contributed by atoms with E-state index in [1.165, 1.54) is 0 Å². The van der Waals surface area contributed by atoms with E-state index < -0.39 is 0 Å². The lowest BCUT2D eigenvalue weighted by Crippen LogP contribution is -2.30. The van der Waals surface area contributed by atoms with Gasteiger partial charge in [-0.15, -0.1) is 5.10 Å². The van der Waals surface area contributed by atoms with Crippen molar-refractivity contribution in [2.75, 3.05) is 31.1 Å². The van der Waals surface area contributed by atoms with E-state index in [0.717, 1.165) is 37.7 Å². The maximum absolute atomic E-state index is 4.35. The topological polar surface area (TPSA) is 41.0 Å². The summed E-state index contributed by atoms with van der Waals surface area (Å²) in [7, 11) is 0. The lowest BCUT2D eigenvalue weighted by atomic mass is 10.1. The van der Waals surface area contributed by atoms with Gasteiger partial charge in [0.1, 0.15) is 0 Å². The van der Waals surface area contributed by atoms with Gasteiger partial charge >= 0.3 is 0 Å². The number of aromatic nitrogens is 2. The van der Waals surface area contributed by atoms with Crippen molar-refractivity contribution in [3.05, 3.63) is 17.8 Å². The van der Waals surface area contributed by atoms with Gasteiger partial charge in [-0.3, -0.25) is 0 Å². The average molecular weight is 234 g/mol. The molecule has 1 aromatic rings. The van der Waals surface area contributed by atoms with Crippen LogP contribution in [0.5, 0.6) is 0 Å². The zero-order chi connectivity index (χ0) is 12.3. The predicted octanol–water partition coefficient (Wildman–Crippen LogP) is 1.65. The van der Waals surface area contributed by atoms with Crippen LogP contribution in [-0.4, -0.2) is 36.4 Å². The van der Waals surface area contributed by atoms with Crippen LogP contribution in [0.15, 0.2) is 12.1 Å². The SMILES string of the molecule is CC1CNCCN(c2ccc(C(C)C)nn2)C1. The van der Waals surface area contributed by atoms with Gasteiger partial charge in [0.05, 0.1) is 5.69 Å². The number of nitrogens with one attached hydrogen (secondary N) is 1. The van der Waals surface area contributed by atoms with Gasteiger partial charge in [-0.1, -0.05) is 20.8 Å². The lowest BCUT2D eigenvalue weighted by Gasteiger charge is -2.22. The van der Waals surface area contributed by atoms with Gasteiger partial charge in [0.2, 0.25) is 0 Å². The average Bonchev–Trinajstić information content (AvgIpc) is 2.54. The molecule has 17 heavy (non-hydrogen) atoms. The molecule has 94 valence electrons. The Balaban J connectivity index is 2.10. The van der Waals surface area contributed by atoms with Crippen molar-refractivity contribution in [1.82, 2.24) is 15.5 Å². The fourth-order valence-electron chi connectivity index (χ4n) is 2.11. The van der Waals surface area contributed by atoms with Crippen LogP contribution in [0.4, 0.5) is 5.82 Å². The van der Waals surface area contributed by atoms with E-state index >= 15 is 0 Å². The highest BCUT2D eigenvalue weighted by Gasteiger charge is 2.16.